The van der Waals surface area contributed by atoms with Crippen molar-refractivity contribution in [1.82, 2.24) is 5.32 Å². The van der Waals surface area contributed by atoms with Gasteiger partial charge in [-0.05, 0) is 61.8 Å². The molecule has 2 heteroatoms. The van der Waals surface area contributed by atoms with E-state index in [4.69, 9.17) is 0 Å². The van der Waals surface area contributed by atoms with Gasteiger partial charge in [0.25, 0.3) is 0 Å². The van der Waals surface area contributed by atoms with Gasteiger partial charge in [0.05, 0.1) is 0 Å². The summed E-state index contributed by atoms with van der Waals surface area (Å²) in [5.41, 5.74) is 2.02. The van der Waals surface area contributed by atoms with E-state index in [-0.39, 0.29) is 5.82 Å². The normalized spacial score (nSPS) is 24.6. The molecule has 0 spiro atoms. The van der Waals surface area contributed by atoms with Gasteiger partial charge in [-0.25, -0.2) is 4.39 Å². The molecule has 1 N–H and O–H groups in total. The van der Waals surface area contributed by atoms with Crippen LogP contribution in [0.15, 0.2) is 18.2 Å². The molecule has 1 aromatic rings. The average molecular weight is 277 g/mol. The third kappa shape index (κ3) is 3.82. The van der Waals surface area contributed by atoms with Gasteiger partial charge in [-0.3, -0.25) is 0 Å². The minimum atomic E-state index is -0.0972. The van der Waals surface area contributed by atoms with Crippen molar-refractivity contribution in [2.45, 2.75) is 58.9 Å². The van der Waals surface area contributed by atoms with Gasteiger partial charge in [-0.15, -0.1) is 0 Å². The summed E-state index contributed by atoms with van der Waals surface area (Å²) in [5.74, 6) is 1.41. The third-order valence-electron chi connectivity index (χ3n) is 4.60. The SMILES string of the molecule is CCCNC(c1ccc(F)c(C)c1)C1CCCC(C)C1. The fraction of sp³-hybridized carbons (Fsp3) is 0.667. The number of hydrogen-bond acceptors (Lipinski definition) is 1. The van der Waals surface area contributed by atoms with E-state index in [1.165, 1.54) is 31.2 Å². The van der Waals surface area contributed by atoms with Gasteiger partial charge in [0.15, 0.2) is 0 Å². The maximum atomic E-state index is 13.5. The molecule has 1 fully saturated rings. The van der Waals surface area contributed by atoms with Gasteiger partial charge in [-0.1, -0.05) is 38.8 Å². The van der Waals surface area contributed by atoms with Crippen LogP contribution in [-0.2, 0) is 0 Å². The van der Waals surface area contributed by atoms with E-state index in [1.807, 2.05) is 19.1 Å². The predicted octanol–water partition coefficient (Wildman–Crippen LogP) is 5.00. The summed E-state index contributed by atoms with van der Waals surface area (Å²) >= 11 is 0. The third-order valence-corrected chi connectivity index (χ3v) is 4.60. The van der Waals surface area contributed by atoms with Crippen LogP contribution in [0.5, 0.6) is 0 Å². The first-order chi connectivity index (χ1) is 9.61. The zero-order valence-electron chi connectivity index (χ0n) is 13.1. The molecule has 1 aromatic carbocycles. The summed E-state index contributed by atoms with van der Waals surface area (Å²) in [5, 5.41) is 3.70. The Balaban J connectivity index is 2.19. The van der Waals surface area contributed by atoms with Crippen LogP contribution >= 0.6 is 0 Å². The van der Waals surface area contributed by atoms with Crippen molar-refractivity contribution >= 4 is 0 Å². The highest BCUT2D eigenvalue weighted by Crippen LogP contribution is 2.37. The molecule has 1 aliphatic carbocycles. The summed E-state index contributed by atoms with van der Waals surface area (Å²) in [4.78, 5) is 0. The molecule has 0 amide bonds. The minimum absolute atomic E-state index is 0.0972. The first-order valence-electron chi connectivity index (χ1n) is 8.11. The Labute approximate surface area is 123 Å². The van der Waals surface area contributed by atoms with Gasteiger partial charge < -0.3 is 5.32 Å². The van der Waals surface area contributed by atoms with Crippen molar-refractivity contribution in [2.75, 3.05) is 6.54 Å². The minimum Gasteiger partial charge on any atom is -0.310 e. The predicted molar refractivity (Wildman–Crippen MR) is 83.3 cm³/mol. The molecular formula is C18H28FN. The number of rotatable bonds is 5. The fourth-order valence-corrected chi connectivity index (χ4v) is 3.50. The largest absolute Gasteiger partial charge is 0.310 e. The monoisotopic (exact) mass is 277 g/mol. The standard InChI is InChI=1S/C18H28FN/c1-4-10-20-18(15-7-5-6-13(2)11-15)16-8-9-17(19)14(3)12-16/h8-9,12-13,15,18,20H,4-7,10-11H2,1-3H3. The van der Waals surface area contributed by atoms with Crippen molar-refractivity contribution in [3.05, 3.63) is 35.1 Å². The van der Waals surface area contributed by atoms with Crippen molar-refractivity contribution in [1.29, 1.82) is 0 Å². The van der Waals surface area contributed by atoms with Crippen LogP contribution in [0.1, 0.15) is 63.1 Å². The van der Waals surface area contributed by atoms with Crippen molar-refractivity contribution in [2.24, 2.45) is 11.8 Å². The molecule has 0 saturated heterocycles. The molecule has 3 unspecified atom stereocenters. The van der Waals surface area contributed by atoms with E-state index in [2.05, 4.69) is 19.2 Å². The summed E-state index contributed by atoms with van der Waals surface area (Å²) < 4.78 is 13.5. The van der Waals surface area contributed by atoms with Gasteiger partial charge >= 0.3 is 0 Å². The molecule has 1 nitrogen and oxygen atoms in total. The summed E-state index contributed by atoms with van der Waals surface area (Å²) in [6.07, 6.45) is 6.41. The Morgan fingerprint density at radius 2 is 2.15 bits per heavy atom. The molecule has 3 atom stereocenters. The fourth-order valence-electron chi connectivity index (χ4n) is 3.50. The first-order valence-corrected chi connectivity index (χ1v) is 8.11. The van der Waals surface area contributed by atoms with E-state index >= 15 is 0 Å². The lowest BCUT2D eigenvalue weighted by Crippen LogP contribution is -2.32. The molecule has 20 heavy (non-hydrogen) atoms. The lowest BCUT2D eigenvalue weighted by atomic mass is 9.76. The molecule has 0 heterocycles. The van der Waals surface area contributed by atoms with Crippen LogP contribution < -0.4 is 5.32 Å². The Hall–Kier alpha value is -0.890. The number of hydrogen-bond donors (Lipinski definition) is 1. The number of aryl methyl sites for hydroxylation is 1. The zero-order chi connectivity index (χ0) is 14.5. The van der Waals surface area contributed by atoms with E-state index in [0.29, 0.717) is 12.0 Å². The highest BCUT2D eigenvalue weighted by Gasteiger charge is 2.27. The van der Waals surface area contributed by atoms with Crippen LogP contribution in [0.2, 0.25) is 0 Å². The second kappa shape index (κ2) is 7.21. The molecule has 1 saturated carbocycles. The lowest BCUT2D eigenvalue weighted by molar-refractivity contribution is 0.223. The molecule has 0 radical (unpaired) electrons. The van der Waals surface area contributed by atoms with Crippen LogP contribution in [0, 0.1) is 24.6 Å². The maximum Gasteiger partial charge on any atom is 0.126 e. The smallest absolute Gasteiger partial charge is 0.126 e. The second-order valence-electron chi connectivity index (χ2n) is 6.47. The van der Waals surface area contributed by atoms with Gasteiger partial charge in [0.1, 0.15) is 5.82 Å². The number of nitrogens with one attached hydrogen (secondary N) is 1. The Morgan fingerprint density at radius 3 is 2.80 bits per heavy atom. The first kappa shape index (κ1) is 15.5. The van der Waals surface area contributed by atoms with Crippen LogP contribution in [0.25, 0.3) is 0 Å². The van der Waals surface area contributed by atoms with Gasteiger partial charge in [0.2, 0.25) is 0 Å². The molecule has 1 aliphatic rings. The van der Waals surface area contributed by atoms with Crippen LogP contribution in [0.3, 0.4) is 0 Å². The molecule has 2 rings (SSSR count). The average Bonchev–Trinajstić information content (AvgIpc) is 2.43. The second-order valence-corrected chi connectivity index (χ2v) is 6.47. The van der Waals surface area contributed by atoms with Gasteiger partial charge in [0, 0.05) is 6.04 Å². The van der Waals surface area contributed by atoms with Crippen molar-refractivity contribution in [3.8, 4) is 0 Å². The van der Waals surface area contributed by atoms with E-state index in [1.54, 1.807) is 6.07 Å². The number of halogens is 1. The van der Waals surface area contributed by atoms with Gasteiger partial charge in [-0.2, -0.15) is 0 Å². The molecular weight excluding hydrogens is 249 g/mol. The van der Waals surface area contributed by atoms with Crippen LogP contribution in [-0.4, -0.2) is 6.54 Å². The lowest BCUT2D eigenvalue weighted by Gasteiger charge is -2.34. The molecule has 0 aromatic heterocycles. The Kier molecular flexibility index (Phi) is 5.59. The van der Waals surface area contributed by atoms with E-state index in [0.717, 1.165) is 24.4 Å². The Morgan fingerprint density at radius 1 is 1.35 bits per heavy atom. The van der Waals surface area contributed by atoms with Crippen molar-refractivity contribution in [3.63, 3.8) is 0 Å². The van der Waals surface area contributed by atoms with Crippen LogP contribution in [0.4, 0.5) is 4.39 Å². The topological polar surface area (TPSA) is 12.0 Å². The highest BCUT2D eigenvalue weighted by molar-refractivity contribution is 5.27. The summed E-state index contributed by atoms with van der Waals surface area (Å²) in [6, 6.07) is 6.01. The summed E-state index contributed by atoms with van der Waals surface area (Å²) in [7, 11) is 0. The molecule has 112 valence electrons. The molecule has 0 aliphatic heterocycles. The van der Waals surface area contributed by atoms with Crippen molar-refractivity contribution < 1.29 is 4.39 Å². The maximum absolute atomic E-state index is 13.5. The zero-order valence-corrected chi connectivity index (χ0v) is 13.1. The number of benzene rings is 1. The van der Waals surface area contributed by atoms with E-state index < -0.39 is 0 Å². The quantitative estimate of drug-likeness (QED) is 0.798. The summed E-state index contributed by atoms with van der Waals surface area (Å²) in [6.45, 7) is 7.45. The van der Waals surface area contributed by atoms with E-state index in [9.17, 15) is 4.39 Å². The molecule has 0 bridgehead atoms. The Bertz CT molecular complexity index is 429. The highest BCUT2D eigenvalue weighted by atomic mass is 19.1.